The van der Waals surface area contributed by atoms with Gasteiger partial charge in [0.25, 0.3) is 0 Å². The van der Waals surface area contributed by atoms with Gasteiger partial charge in [-0.25, -0.2) is 0 Å². The predicted octanol–water partition coefficient (Wildman–Crippen LogP) is 3.50. The summed E-state index contributed by atoms with van der Waals surface area (Å²) in [6, 6.07) is 8.70. The molecule has 0 amide bonds. The van der Waals surface area contributed by atoms with Crippen molar-refractivity contribution in [1.82, 2.24) is 9.78 Å². The monoisotopic (exact) mass is 285 g/mol. The van der Waals surface area contributed by atoms with E-state index in [1.807, 2.05) is 0 Å². The molecule has 1 unspecified atom stereocenters. The lowest BCUT2D eigenvalue weighted by Gasteiger charge is -2.27. The van der Waals surface area contributed by atoms with Crippen LogP contribution in [0.5, 0.6) is 0 Å². The molecule has 0 saturated carbocycles. The average molecular weight is 285 g/mol. The molecule has 2 N–H and O–H groups in total. The molecule has 21 heavy (non-hydrogen) atoms. The summed E-state index contributed by atoms with van der Waals surface area (Å²) in [7, 11) is 0. The number of hydrogen-bond donors (Lipinski definition) is 1. The van der Waals surface area contributed by atoms with E-state index in [1.165, 1.54) is 22.4 Å². The Morgan fingerprint density at radius 1 is 1.19 bits per heavy atom. The minimum Gasteiger partial charge on any atom is -0.321 e. The number of benzene rings is 1. The molecule has 0 bridgehead atoms. The summed E-state index contributed by atoms with van der Waals surface area (Å²) in [6.07, 6.45) is 1.77. The lowest BCUT2D eigenvalue weighted by Crippen LogP contribution is -2.37. The Kier molecular flexibility index (Phi) is 4.52. The zero-order valence-electron chi connectivity index (χ0n) is 13.9. The normalized spacial score (nSPS) is 14.2. The van der Waals surface area contributed by atoms with Crippen molar-refractivity contribution >= 4 is 0 Å². The molecular weight excluding hydrogens is 258 g/mol. The molecule has 3 heteroatoms. The fraction of sp³-hybridized carbons (Fsp3) is 0.500. The SMILES string of the molecule is CCc1cc(CC(C)(N)c2cc(C)ccc2C)n(CC)n1. The van der Waals surface area contributed by atoms with E-state index < -0.39 is 0 Å². The summed E-state index contributed by atoms with van der Waals surface area (Å²) in [5.41, 5.74) is 12.4. The highest BCUT2D eigenvalue weighted by atomic mass is 15.3. The summed E-state index contributed by atoms with van der Waals surface area (Å²) < 4.78 is 2.08. The molecule has 0 aliphatic heterocycles. The van der Waals surface area contributed by atoms with Crippen molar-refractivity contribution in [1.29, 1.82) is 0 Å². The van der Waals surface area contributed by atoms with Gasteiger partial charge in [0.1, 0.15) is 0 Å². The van der Waals surface area contributed by atoms with Crippen molar-refractivity contribution in [3.8, 4) is 0 Å². The Balaban J connectivity index is 2.36. The first kappa shape index (κ1) is 15.8. The lowest BCUT2D eigenvalue weighted by molar-refractivity contribution is 0.461. The second-order valence-electron chi connectivity index (χ2n) is 6.21. The van der Waals surface area contributed by atoms with Gasteiger partial charge >= 0.3 is 0 Å². The number of hydrogen-bond acceptors (Lipinski definition) is 2. The van der Waals surface area contributed by atoms with Gasteiger partial charge in [-0.2, -0.15) is 5.10 Å². The number of nitrogens with zero attached hydrogens (tertiary/aromatic N) is 2. The Morgan fingerprint density at radius 2 is 1.90 bits per heavy atom. The van der Waals surface area contributed by atoms with Crippen molar-refractivity contribution < 1.29 is 0 Å². The van der Waals surface area contributed by atoms with E-state index in [2.05, 4.69) is 68.7 Å². The van der Waals surface area contributed by atoms with Crippen molar-refractivity contribution in [3.63, 3.8) is 0 Å². The Labute approximate surface area is 128 Å². The van der Waals surface area contributed by atoms with Crippen molar-refractivity contribution in [2.45, 2.75) is 59.5 Å². The number of rotatable bonds is 5. The summed E-state index contributed by atoms with van der Waals surface area (Å²) in [5, 5.41) is 4.63. The van der Waals surface area contributed by atoms with Crippen LogP contribution < -0.4 is 5.73 Å². The highest BCUT2D eigenvalue weighted by Gasteiger charge is 2.25. The van der Waals surface area contributed by atoms with Gasteiger partial charge in [0.05, 0.1) is 5.69 Å². The maximum Gasteiger partial charge on any atom is 0.0624 e. The van der Waals surface area contributed by atoms with Crippen LogP contribution in [0.1, 0.15) is 48.8 Å². The maximum absolute atomic E-state index is 6.67. The van der Waals surface area contributed by atoms with Crippen molar-refractivity contribution in [2.24, 2.45) is 5.73 Å². The molecule has 0 aliphatic rings. The van der Waals surface area contributed by atoms with Crippen LogP contribution in [0, 0.1) is 13.8 Å². The first-order chi connectivity index (χ1) is 9.87. The van der Waals surface area contributed by atoms with Crippen LogP contribution in [0.2, 0.25) is 0 Å². The van der Waals surface area contributed by atoms with Crippen LogP contribution in [0.15, 0.2) is 24.3 Å². The third-order valence-electron chi connectivity index (χ3n) is 4.13. The van der Waals surface area contributed by atoms with E-state index in [9.17, 15) is 0 Å². The molecule has 1 heterocycles. The third-order valence-corrected chi connectivity index (χ3v) is 4.13. The second-order valence-corrected chi connectivity index (χ2v) is 6.21. The summed E-state index contributed by atoms with van der Waals surface area (Å²) in [5.74, 6) is 0. The minimum atomic E-state index is -0.381. The Hall–Kier alpha value is -1.61. The molecule has 2 aromatic rings. The molecule has 0 aliphatic carbocycles. The van der Waals surface area contributed by atoms with E-state index >= 15 is 0 Å². The fourth-order valence-corrected chi connectivity index (χ4v) is 2.93. The second kappa shape index (κ2) is 6.02. The average Bonchev–Trinajstić information content (AvgIpc) is 2.82. The molecule has 1 aromatic carbocycles. The zero-order valence-corrected chi connectivity index (χ0v) is 13.9. The summed E-state index contributed by atoms with van der Waals surface area (Å²) in [4.78, 5) is 0. The van der Waals surface area contributed by atoms with E-state index in [-0.39, 0.29) is 5.54 Å². The van der Waals surface area contributed by atoms with Crippen molar-refractivity contribution in [2.75, 3.05) is 0 Å². The predicted molar refractivity (Wildman–Crippen MR) is 88.4 cm³/mol. The van der Waals surface area contributed by atoms with E-state index in [4.69, 9.17) is 5.73 Å². The van der Waals surface area contributed by atoms with E-state index in [0.29, 0.717) is 0 Å². The molecule has 3 nitrogen and oxygen atoms in total. The molecular formula is C18H27N3. The van der Waals surface area contributed by atoms with Gasteiger partial charge in [0.2, 0.25) is 0 Å². The van der Waals surface area contributed by atoms with Crippen molar-refractivity contribution in [3.05, 3.63) is 52.3 Å². The summed E-state index contributed by atoms with van der Waals surface area (Å²) in [6.45, 7) is 11.5. The Bertz CT molecular complexity index is 623. The number of nitrogens with two attached hydrogens (primary N) is 1. The van der Waals surface area contributed by atoms with Crippen LogP contribution in [0.25, 0.3) is 0 Å². The molecule has 0 saturated heterocycles. The molecule has 1 atom stereocenters. The van der Waals surface area contributed by atoms with E-state index in [0.717, 1.165) is 25.1 Å². The zero-order chi connectivity index (χ0) is 15.6. The molecule has 0 fully saturated rings. The highest BCUT2D eigenvalue weighted by molar-refractivity contribution is 5.36. The summed E-state index contributed by atoms with van der Waals surface area (Å²) >= 11 is 0. The first-order valence-corrected chi connectivity index (χ1v) is 7.79. The van der Waals surface area contributed by atoms with Crippen LogP contribution in [0.4, 0.5) is 0 Å². The van der Waals surface area contributed by atoms with Gasteiger partial charge < -0.3 is 5.73 Å². The highest BCUT2D eigenvalue weighted by Crippen LogP contribution is 2.27. The van der Waals surface area contributed by atoms with Gasteiger partial charge in [-0.1, -0.05) is 30.7 Å². The topological polar surface area (TPSA) is 43.8 Å². The van der Waals surface area contributed by atoms with Crippen LogP contribution in [-0.4, -0.2) is 9.78 Å². The molecule has 1 aromatic heterocycles. The van der Waals surface area contributed by atoms with Gasteiger partial charge in [0, 0.05) is 24.2 Å². The van der Waals surface area contributed by atoms with Gasteiger partial charge in [-0.3, -0.25) is 4.68 Å². The lowest BCUT2D eigenvalue weighted by atomic mass is 9.84. The van der Waals surface area contributed by atoms with Gasteiger partial charge in [0.15, 0.2) is 0 Å². The standard InChI is InChI=1S/C18H27N3/c1-6-15-11-16(21(7-2)20-15)12-18(5,19)17-10-13(3)8-9-14(17)4/h8-11H,6-7,12,19H2,1-5H3. The maximum atomic E-state index is 6.67. The molecule has 0 spiro atoms. The Morgan fingerprint density at radius 3 is 2.52 bits per heavy atom. The van der Waals surface area contributed by atoms with Crippen LogP contribution in [-0.2, 0) is 24.9 Å². The smallest absolute Gasteiger partial charge is 0.0624 e. The van der Waals surface area contributed by atoms with Crippen LogP contribution >= 0.6 is 0 Å². The van der Waals surface area contributed by atoms with Gasteiger partial charge in [-0.05, 0) is 51.3 Å². The third kappa shape index (κ3) is 3.35. The quantitative estimate of drug-likeness (QED) is 0.913. The molecule has 0 radical (unpaired) electrons. The largest absolute Gasteiger partial charge is 0.321 e. The van der Waals surface area contributed by atoms with Crippen LogP contribution in [0.3, 0.4) is 0 Å². The van der Waals surface area contributed by atoms with Gasteiger partial charge in [-0.15, -0.1) is 0 Å². The first-order valence-electron chi connectivity index (χ1n) is 7.79. The number of aryl methyl sites for hydroxylation is 4. The number of aromatic nitrogens is 2. The molecule has 2 rings (SSSR count). The fourth-order valence-electron chi connectivity index (χ4n) is 2.93. The minimum absolute atomic E-state index is 0.381. The molecule has 114 valence electrons. The van der Waals surface area contributed by atoms with E-state index in [1.54, 1.807) is 0 Å².